The predicted octanol–water partition coefficient (Wildman–Crippen LogP) is -0.522. The number of rotatable bonds is 6. The largest absolute Gasteiger partial charge is 0.340 e. The summed E-state index contributed by atoms with van der Waals surface area (Å²) in [6, 6.07) is -0.147. The Morgan fingerprint density at radius 1 is 1.44 bits per heavy atom. The van der Waals surface area contributed by atoms with Crippen LogP contribution >= 0.6 is 0 Å². The molecule has 1 fully saturated rings. The fraction of sp³-hybridized carbons (Fsp3) is 0.909. The number of carbonyl (C=O) groups excluding carboxylic acids is 1. The number of hydrogen-bond donors (Lipinski definition) is 1. The molecule has 1 aliphatic rings. The van der Waals surface area contributed by atoms with Crippen LogP contribution in [-0.2, 0) is 14.8 Å². The van der Waals surface area contributed by atoms with Crippen molar-refractivity contribution < 1.29 is 13.2 Å². The Morgan fingerprint density at radius 3 is 2.67 bits per heavy atom. The summed E-state index contributed by atoms with van der Waals surface area (Å²) in [6.07, 6.45) is 1.76. The van der Waals surface area contributed by atoms with Crippen LogP contribution in [0.3, 0.4) is 0 Å². The highest BCUT2D eigenvalue weighted by molar-refractivity contribution is 7.89. The van der Waals surface area contributed by atoms with Gasteiger partial charge in [-0.05, 0) is 19.4 Å². The van der Waals surface area contributed by atoms with Gasteiger partial charge in [-0.1, -0.05) is 6.92 Å². The molecule has 0 radical (unpaired) electrons. The lowest BCUT2D eigenvalue weighted by Gasteiger charge is -2.32. The zero-order valence-electron chi connectivity index (χ0n) is 11.3. The maximum atomic E-state index is 12.1. The van der Waals surface area contributed by atoms with Crippen LogP contribution in [0.15, 0.2) is 0 Å². The molecule has 0 saturated carbocycles. The minimum absolute atomic E-state index is 0.00934. The summed E-state index contributed by atoms with van der Waals surface area (Å²) in [4.78, 5) is 13.7. The Bertz CT molecular complexity index is 379. The van der Waals surface area contributed by atoms with E-state index in [0.717, 1.165) is 19.4 Å². The van der Waals surface area contributed by atoms with Crippen LogP contribution in [0.25, 0.3) is 0 Å². The fourth-order valence-corrected chi connectivity index (χ4v) is 2.82. The first kappa shape index (κ1) is 15.4. The van der Waals surface area contributed by atoms with Gasteiger partial charge >= 0.3 is 0 Å². The highest BCUT2D eigenvalue weighted by atomic mass is 32.2. The highest BCUT2D eigenvalue weighted by Gasteiger charge is 2.28. The minimum atomic E-state index is -3.23. The highest BCUT2D eigenvalue weighted by Crippen LogP contribution is 2.12. The molecule has 0 aromatic rings. The molecule has 1 heterocycles. The van der Waals surface area contributed by atoms with Gasteiger partial charge in [0.1, 0.15) is 0 Å². The summed E-state index contributed by atoms with van der Waals surface area (Å²) >= 11 is 0. The van der Waals surface area contributed by atoms with Crippen molar-refractivity contribution in [1.82, 2.24) is 14.5 Å². The molecule has 7 heteroatoms. The summed E-state index contributed by atoms with van der Waals surface area (Å²) in [7, 11) is -0.214. The van der Waals surface area contributed by atoms with Crippen molar-refractivity contribution in [3.05, 3.63) is 0 Å². The van der Waals surface area contributed by atoms with Gasteiger partial charge in [-0.15, -0.1) is 0 Å². The lowest BCUT2D eigenvalue weighted by Crippen LogP contribution is -2.52. The van der Waals surface area contributed by atoms with Crippen molar-refractivity contribution in [3.63, 3.8) is 0 Å². The van der Waals surface area contributed by atoms with E-state index in [-0.39, 0.29) is 24.2 Å². The van der Waals surface area contributed by atoms with Gasteiger partial charge in [-0.25, -0.2) is 12.7 Å². The molecular formula is C11H23N3O3S. The first-order chi connectivity index (χ1) is 8.38. The molecule has 0 aromatic carbocycles. The van der Waals surface area contributed by atoms with Crippen molar-refractivity contribution in [1.29, 1.82) is 0 Å². The molecule has 1 rings (SSSR count). The number of carbonyl (C=O) groups is 1. The average molecular weight is 277 g/mol. The second-order valence-electron chi connectivity index (χ2n) is 4.68. The molecule has 106 valence electrons. The maximum absolute atomic E-state index is 12.1. The molecule has 0 aromatic heterocycles. The van der Waals surface area contributed by atoms with E-state index < -0.39 is 10.0 Å². The van der Waals surface area contributed by atoms with Gasteiger partial charge < -0.3 is 10.2 Å². The lowest BCUT2D eigenvalue weighted by atomic mass is 10.1. The molecule has 1 unspecified atom stereocenters. The molecular weight excluding hydrogens is 254 g/mol. The van der Waals surface area contributed by atoms with E-state index >= 15 is 0 Å². The third-order valence-electron chi connectivity index (χ3n) is 3.16. The fourth-order valence-electron chi connectivity index (χ4n) is 2.01. The third-order valence-corrected chi connectivity index (χ3v) is 4.97. The van der Waals surface area contributed by atoms with Gasteiger partial charge in [0.2, 0.25) is 15.9 Å². The molecule has 1 N–H and O–H groups in total. The maximum Gasteiger partial charge on any atom is 0.239 e. The summed E-state index contributed by atoms with van der Waals surface area (Å²) in [6.45, 7) is 3.65. The van der Waals surface area contributed by atoms with Crippen LogP contribution in [0, 0.1) is 0 Å². The van der Waals surface area contributed by atoms with E-state index in [1.807, 2.05) is 6.92 Å². The smallest absolute Gasteiger partial charge is 0.239 e. The molecule has 0 bridgehead atoms. The number of amides is 1. The van der Waals surface area contributed by atoms with Crippen molar-refractivity contribution in [2.75, 3.05) is 39.5 Å². The summed E-state index contributed by atoms with van der Waals surface area (Å²) < 4.78 is 24.5. The summed E-state index contributed by atoms with van der Waals surface area (Å²) in [5, 5.41) is 3.13. The van der Waals surface area contributed by atoms with E-state index in [2.05, 4.69) is 5.32 Å². The topological polar surface area (TPSA) is 69.7 Å². The molecule has 1 saturated heterocycles. The molecule has 0 aliphatic carbocycles. The SMILES string of the molecule is CCNC1CCCN(CCS(=O)(=O)N(C)C)C1=O. The Hall–Kier alpha value is -0.660. The summed E-state index contributed by atoms with van der Waals surface area (Å²) in [5.74, 6) is 0.0157. The number of hydrogen-bond acceptors (Lipinski definition) is 4. The Balaban J connectivity index is 2.54. The van der Waals surface area contributed by atoms with Crippen LogP contribution < -0.4 is 5.32 Å². The standard InChI is InChI=1S/C11H23N3O3S/c1-4-12-10-6-5-7-14(11(10)15)8-9-18(16,17)13(2)3/h10,12H,4-9H2,1-3H3. The third kappa shape index (κ3) is 3.93. The van der Waals surface area contributed by atoms with Crippen LogP contribution in [-0.4, -0.2) is 69.1 Å². The molecule has 1 atom stereocenters. The van der Waals surface area contributed by atoms with Crippen molar-refractivity contribution in [2.24, 2.45) is 0 Å². The zero-order valence-corrected chi connectivity index (χ0v) is 12.2. The average Bonchev–Trinajstić information content (AvgIpc) is 2.30. The van der Waals surface area contributed by atoms with E-state index in [9.17, 15) is 13.2 Å². The van der Waals surface area contributed by atoms with Crippen molar-refractivity contribution in [3.8, 4) is 0 Å². The number of piperidine rings is 1. The van der Waals surface area contributed by atoms with Crippen LogP contribution in [0.4, 0.5) is 0 Å². The molecule has 1 aliphatic heterocycles. The number of sulfonamides is 1. The van der Waals surface area contributed by atoms with E-state index in [1.54, 1.807) is 4.90 Å². The number of likely N-dealkylation sites (tertiary alicyclic amines) is 1. The number of nitrogens with one attached hydrogen (secondary N) is 1. The number of likely N-dealkylation sites (N-methyl/N-ethyl adjacent to an activating group) is 1. The van der Waals surface area contributed by atoms with Crippen LogP contribution in [0.5, 0.6) is 0 Å². The summed E-state index contributed by atoms with van der Waals surface area (Å²) in [5.41, 5.74) is 0. The molecule has 0 spiro atoms. The normalized spacial score (nSPS) is 21.7. The molecule has 1 amide bonds. The van der Waals surface area contributed by atoms with E-state index in [0.29, 0.717) is 6.54 Å². The van der Waals surface area contributed by atoms with Gasteiger partial charge in [-0.2, -0.15) is 0 Å². The van der Waals surface area contributed by atoms with Crippen molar-refractivity contribution in [2.45, 2.75) is 25.8 Å². The van der Waals surface area contributed by atoms with Crippen LogP contribution in [0.1, 0.15) is 19.8 Å². The second-order valence-corrected chi connectivity index (χ2v) is 6.98. The first-order valence-corrected chi connectivity index (χ1v) is 7.91. The van der Waals surface area contributed by atoms with Crippen LogP contribution in [0.2, 0.25) is 0 Å². The van der Waals surface area contributed by atoms with Gasteiger partial charge in [0.25, 0.3) is 0 Å². The van der Waals surface area contributed by atoms with Gasteiger partial charge in [0, 0.05) is 27.2 Å². The first-order valence-electron chi connectivity index (χ1n) is 6.31. The monoisotopic (exact) mass is 277 g/mol. The van der Waals surface area contributed by atoms with Crippen molar-refractivity contribution >= 4 is 15.9 Å². The van der Waals surface area contributed by atoms with Gasteiger partial charge in [0.15, 0.2) is 0 Å². The Kier molecular flexibility index (Phi) is 5.55. The Morgan fingerprint density at radius 2 is 2.11 bits per heavy atom. The van der Waals surface area contributed by atoms with Gasteiger partial charge in [0.05, 0.1) is 11.8 Å². The zero-order chi connectivity index (χ0) is 13.8. The molecule has 6 nitrogen and oxygen atoms in total. The number of nitrogens with zero attached hydrogens (tertiary/aromatic N) is 2. The van der Waals surface area contributed by atoms with Gasteiger partial charge in [-0.3, -0.25) is 4.79 Å². The lowest BCUT2D eigenvalue weighted by molar-refractivity contribution is -0.135. The minimum Gasteiger partial charge on any atom is -0.340 e. The van der Waals surface area contributed by atoms with E-state index in [4.69, 9.17) is 0 Å². The Labute approximate surface area is 109 Å². The predicted molar refractivity (Wildman–Crippen MR) is 70.8 cm³/mol. The molecule has 18 heavy (non-hydrogen) atoms. The van der Waals surface area contributed by atoms with E-state index in [1.165, 1.54) is 18.4 Å². The second kappa shape index (κ2) is 6.49. The quantitative estimate of drug-likeness (QED) is 0.709.